The Morgan fingerprint density at radius 2 is 1.45 bits per heavy atom. The second kappa shape index (κ2) is 13.1. The van der Waals surface area contributed by atoms with E-state index in [9.17, 15) is 14.7 Å². The Morgan fingerprint density at radius 3 is 2.06 bits per heavy atom. The van der Waals surface area contributed by atoms with Crippen molar-refractivity contribution in [2.45, 2.75) is 20.3 Å². The molecule has 0 aliphatic rings. The van der Waals surface area contributed by atoms with Crippen molar-refractivity contribution >= 4 is 11.9 Å². The van der Waals surface area contributed by atoms with E-state index in [0.29, 0.717) is 29.1 Å². The van der Waals surface area contributed by atoms with Gasteiger partial charge in [-0.15, -0.1) is 0 Å². The summed E-state index contributed by atoms with van der Waals surface area (Å²) in [6.45, 7) is 10.4. The smallest absolute Gasteiger partial charge is 0.333 e. The maximum Gasteiger partial charge on any atom is 0.333 e. The molecule has 2 aromatic carbocycles. The highest BCUT2D eigenvalue weighted by Crippen LogP contribution is 2.37. The number of hydrogen-bond donors (Lipinski definition) is 1. The Hall–Kier alpha value is -3.58. The van der Waals surface area contributed by atoms with Crippen molar-refractivity contribution in [3.8, 4) is 22.6 Å². The fourth-order valence-electron chi connectivity index (χ4n) is 2.85. The highest BCUT2D eigenvalue weighted by atomic mass is 16.6. The summed E-state index contributed by atoms with van der Waals surface area (Å²) >= 11 is 0. The number of carbonyl (C=O) groups excluding carboxylic acids is 2. The van der Waals surface area contributed by atoms with Gasteiger partial charge in [0.2, 0.25) is 0 Å². The minimum Gasteiger partial charge on any atom is -0.487 e. The Balaban J connectivity index is 2.31. The van der Waals surface area contributed by atoms with Gasteiger partial charge in [0.1, 0.15) is 19.8 Å². The maximum absolute atomic E-state index is 11.8. The Morgan fingerprint density at radius 1 is 0.818 bits per heavy atom. The van der Waals surface area contributed by atoms with Gasteiger partial charge in [0.05, 0.1) is 13.2 Å². The zero-order valence-electron chi connectivity index (χ0n) is 19.1. The lowest BCUT2D eigenvalue weighted by Crippen LogP contribution is -2.14. The molecule has 0 aliphatic carbocycles. The van der Waals surface area contributed by atoms with Gasteiger partial charge in [0.25, 0.3) is 0 Å². The van der Waals surface area contributed by atoms with Crippen LogP contribution in [0.1, 0.15) is 19.4 Å². The van der Waals surface area contributed by atoms with Crippen molar-refractivity contribution in [2.24, 2.45) is 0 Å². The predicted molar refractivity (Wildman–Crippen MR) is 125 cm³/mol. The van der Waals surface area contributed by atoms with E-state index in [1.54, 1.807) is 13.8 Å². The first-order valence-electron chi connectivity index (χ1n) is 10.6. The second-order valence-electron chi connectivity index (χ2n) is 7.33. The number of rotatable bonds is 13. The minimum atomic E-state index is -0.492. The molecule has 0 amide bonds. The zero-order valence-corrected chi connectivity index (χ0v) is 19.1. The Bertz CT molecular complexity index is 980. The molecule has 2 rings (SSSR count). The molecule has 7 heteroatoms. The topological polar surface area (TPSA) is 91.3 Å². The number of aliphatic hydroxyl groups is 1. The molecular weight excluding hydrogens is 424 g/mol. The van der Waals surface area contributed by atoms with Crippen LogP contribution < -0.4 is 9.47 Å². The van der Waals surface area contributed by atoms with Gasteiger partial charge in [-0.3, -0.25) is 0 Å². The lowest BCUT2D eigenvalue weighted by molar-refractivity contribution is -0.140. The first-order chi connectivity index (χ1) is 15.8. The van der Waals surface area contributed by atoms with Gasteiger partial charge in [-0.25, -0.2) is 9.59 Å². The molecule has 1 N–H and O–H groups in total. The van der Waals surface area contributed by atoms with Crippen molar-refractivity contribution in [1.29, 1.82) is 0 Å². The Labute approximate surface area is 194 Å². The molecule has 2 aromatic rings. The van der Waals surface area contributed by atoms with E-state index in [-0.39, 0.29) is 33.0 Å². The molecule has 0 saturated carbocycles. The third kappa shape index (κ3) is 8.12. The number of benzene rings is 2. The summed E-state index contributed by atoms with van der Waals surface area (Å²) in [5.41, 5.74) is 3.21. The minimum absolute atomic E-state index is 0.0340. The maximum atomic E-state index is 11.8. The standard InChI is InChI=1S/C26H30O7/c1-18(2)25(28)32-12-10-21-16-22(20-8-6-5-7-9-20)17-23(24(21)31-13-11-27)30-14-15-33-26(29)19(3)4/h5-9,16-17,27H,1,3,10-15H2,2,4H3. The normalized spacial score (nSPS) is 10.3. The average Bonchev–Trinajstić information content (AvgIpc) is 2.81. The fraction of sp³-hybridized carbons (Fsp3) is 0.308. The van der Waals surface area contributed by atoms with Gasteiger partial charge >= 0.3 is 11.9 Å². The van der Waals surface area contributed by atoms with Gasteiger partial charge in [-0.05, 0) is 37.1 Å². The molecule has 0 aliphatic heterocycles. The summed E-state index contributed by atoms with van der Waals surface area (Å²) in [6, 6.07) is 13.5. The van der Waals surface area contributed by atoms with E-state index in [0.717, 1.165) is 16.7 Å². The summed E-state index contributed by atoms with van der Waals surface area (Å²) in [6.07, 6.45) is 0.363. The highest BCUT2D eigenvalue weighted by molar-refractivity contribution is 5.87. The molecule has 0 aromatic heterocycles. The van der Waals surface area contributed by atoms with Crippen LogP contribution in [0.2, 0.25) is 0 Å². The lowest BCUT2D eigenvalue weighted by Gasteiger charge is -2.18. The van der Waals surface area contributed by atoms with Gasteiger partial charge in [0, 0.05) is 23.1 Å². The van der Waals surface area contributed by atoms with Crippen LogP contribution in [0.3, 0.4) is 0 Å². The first-order valence-corrected chi connectivity index (χ1v) is 10.6. The van der Waals surface area contributed by atoms with E-state index in [1.165, 1.54) is 0 Å². The fourth-order valence-corrected chi connectivity index (χ4v) is 2.85. The van der Waals surface area contributed by atoms with E-state index >= 15 is 0 Å². The van der Waals surface area contributed by atoms with E-state index in [1.807, 2.05) is 42.5 Å². The number of hydrogen-bond acceptors (Lipinski definition) is 7. The largest absolute Gasteiger partial charge is 0.487 e. The van der Waals surface area contributed by atoms with Crippen LogP contribution in [-0.4, -0.2) is 50.1 Å². The van der Waals surface area contributed by atoms with Crippen molar-refractivity contribution < 1.29 is 33.6 Å². The van der Waals surface area contributed by atoms with Gasteiger partial charge in [0.15, 0.2) is 11.5 Å². The molecule has 0 unspecified atom stereocenters. The molecule has 0 heterocycles. The van der Waals surface area contributed by atoms with E-state index < -0.39 is 11.9 Å². The van der Waals surface area contributed by atoms with Gasteiger partial charge in [-0.2, -0.15) is 0 Å². The molecule has 33 heavy (non-hydrogen) atoms. The summed E-state index contributed by atoms with van der Waals surface area (Å²) in [5, 5.41) is 9.27. The summed E-state index contributed by atoms with van der Waals surface area (Å²) < 4.78 is 22.0. The van der Waals surface area contributed by atoms with E-state index in [4.69, 9.17) is 18.9 Å². The van der Waals surface area contributed by atoms with E-state index in [2.05, 4.69) is 13.2 Å². The van der Waals surface area contributed by atoms with Crippen LogP contribution in [0, 0.1) is 0 Å². The number of carbonyl (C=O) groups is 2. The van der Waals surface area contributed by atoms with Crippen LogP contribution in [0.5, 0.6) is 11.5 Å². The highest BCUT2D eigenvalue weighted by Gasteiger charge is 2.16. The molecule has 0 spiro atoms. The lowest BCUT2D eigenvalue weighted by atomic mass is 10.00. The molecule has 0 radical (unpaired) electrons. The molecule has 0 atom stereocenters. The first kappa shape index (κ1) is 25.7. The van der Waals surface area contributed by atoms with Crippen molar-refractivity contribution in [1.82, 2.24) is 0 Å². The molecular formula is C26H30O7. The van der Waals surface area contributed by atoms with Crippen LogP contribution in [-0.2, 0) is 25.5 Å². The summed E-state index contributed by atoms with van der Waals surface area (Å²) in [5.74, 6) is -0.102. The predicted octanol–water partition coefficient (Wildman–Crippen LogP) is 3.88. The second-order valence-corrected chi connectivity index (χ2v) is 7.33. The van der Waals surface area contributed by atoms with Crippen molar-refractivity contribution in [2.75, 3.05) is 33.0 Å². The zero-order chi connectivity index (χ0) is 24.2. The monoisotopic (exact) mass is 454 g/mol. The van der Waals surface area contributed by atoms with Crippen LogP contribution in [0.25, 0.3) is 11.1 Å². The number of aliphatic hydroxyl groups excluding tert-OH is 1. The SMILES string of the molecule is C=C(C)C(=O)OCCOc1cc(-c2ccccc2)cc(CCOC(=O)C(=C)C)c1OCCO. The molecule has 176 valence electrons. The number of esters is 2. The third-order valence-corrected chi connectivity index (χ3v) is 4.45. The molecule has 7 nitrogen and oxygen atoms in total. The molecule has 0 bridgehead atoms. The molecule has 0 fully saturated rings. The number of ether oxygens (including phenoxy) is 4. The van der Waals surface area contributed by atoms with Crippen molar-refractivity contribution in [3.63, 3.8) is 0 Å². The van der Waals surface area contributed by atoms with Gasteiger partial charge in [-0.1, -0.05) is 43.5 Å². The third-order valence-electron chi connectivity index (χ3n) is 4.45. The van der Waals surface area contributed by atoms with Gasteiger partial charge < -0.3 is 24.1 Å². The average molecular weight is 455 g/mol. The molecule has 0 saturated heterocycles. The van der Waals surface area contributed by atoms with Crippen LogP contribution in [0.4, 0.5) is 0 Å². The van der Waals surface area contributed by atoms with Crippen molar-refractivity contribution in [3.05, 3.63) is 72.3 Å². The summed E-state index contributed by atoms with van der Waals surface area (Å²) in [7, 11) is 0. The summed E-state index contributed by atoms with van der Waals surface area (Å²) in [4.78, 5) is 23.4. The van der Waals surface area contributed by atoms with Crippen LogP contribution in [0.15, 0.2) is 66.8 Å². The Kier molecular flexibility index (Phi) is 10.2. The quantitative estimate of drug-likeness (QED) is 0.279. The van der Waals surface area contributed by atoms with Crippen LogP contribution >= 0.6 is 0 Å².